The van der Waals surface area contributed by atoms with Crippen molar-refractivity contribution in [2.24, 2.45) is 0 Å². The molecule has 1 aromatic carbocycles. The topological polar surface area (TPSA) is 57.5 Å². The van der Waals surface area contributed by atoms with Gasteiger partial charge in [0.05, 0.1) is 0 Å². The van der Waals surface area contributed by atoms with Gasteiger partial charge in [0.25, 0.3) is 0 Å². The number of aliphatic hydroxyl groups excluding tert-OH is 1. The van der Waals surface area contributed by atoms with Crippen LogP contribution in [0.5, 0.6) is 0 Å². The number of rotatable bonds is 5. The van der Waals surface area contributed by atoms with E-state index in [9.17, 15) is 9.90 Å². The fourth-order valence-corrected chi connectivity index (χ4v) is 3.10. The highest BCUT2D eigenvalue weighted by Gasteiger charge is 2.19. The standard InChI is InChI=1S/C17H24O3/c1-12(11-16(18)17(19)20)13-7-9-15(10-8-13)14-5-3-2-4-6-14/h7-10,12,14,16,18H,2-6,11H2,1H3,(H,19,20). The van der Waals surface area contributed by atoms with Gasteiger partial charge in [-0.15, -0.1) is 0 Å². The van der Waals surface area contributed by atoms with Gasteiger partial charge in [0, 0.05) is 0 Å². The van der Waals surface area contributed by atoms with Gasteiger partial charge in [0.15, 0.2) is 6.10 Å². The van der Waals surface area contributed by atoms with Crippen LogP contribution in [0.3, 0.4) is 0 Å². The Hall–Kier alpha value is -1.35. The van der Waals surface area contributed by atoms with E-state index in [1.807, 2.05) is 6.92 Å². The molecule has 0 heterocycles. The third-order valence-electron chi connectivity index (χ3n) is 4.44. The number of hydrogen-bond acceptors (Lipinski definition) is 2. The number of aliphatic hydroxyl groups is 1. The molecule has 20 heavy (non-hydrogen) atoms. The summed E-state index contributed by atoms with van der Waals surface area (Å²) in [6, 6.07) is 8.52. The molecule has 0 amide bonds. The van der Waals surface area contributed by atoms with Crippen LogP contribution in [0.4, 0.5) is 0 Å². The third kappa shape index (κ3) is 3.83. The second-order valence-corrected chi connectivity index (χ2v) is 5.99. The van der Waals surface area contributed by atoms with E-state index in [-0.39, 0.29) is 12.3 Å². The van der Waals surface area contributed by atoms with E-state index in [1.165, 1.54) is 37.7 Å². The van der Waals surface area contributed by atoms with Crippen molar-refractivity contribution in [2.75, 3.05) is 0 Å². The van der Waals surface area contributed by atoms with Gasteiger partial charge in [0.1, 0.15) is 0 Å². The van der Waals surface area contributed by atoms with Crippen LogP contribution in [0.25, 0.3) is 0 Å². The summed E-state index contributed by atoms with van der Waals surface area (Å²) in [5.74, 6) is -0.394. The maximum Gasteiger partial charge on any atom is 0.332 e. The second kappa shape index (κ2) is 6.89. The zero-order valence-corrected chi connectivity index (χ0v) is 12.1. The summed E-state index contributed by atoms with van der Waals surface area (Å²) in [6.07, 6.45) is 5.57. The number of carboxylic acids is 1. The van der Waals surface area contributed by atoms with E-state index < -0.39 is 12.1 Å². The highest BCUT2D eigenvalue weighted by molar-refractivity contribution is 5.71. The normalized spacial score (nSPS) is 19.5. The van der Waals surface area contributed by atoms with Crippen molar-refractivity contribution in [3.8, 4) is 0 Å². The van der Waals surface area contributed by atoms with Crippen molar-refractivity contribution >= 4 is 5.97 Å². The largest absolute Gasteiger partial charge is 0.479 e. The summed E-state index contributed by atoms with van der Waals surface area (Å²) in [6.45, 7) is 1.96. The van der Waals surface area contributed by atoms with Crippen LogP contribution in [0.2, 0.25) is 0 Å². The Kier molecular flexibility index (Phi) is 5.18. The molecule has 110 valence electrons. The molecule has 2 rings (SSSR count). The lowest BCUT2D eigenvalue weighted by Crippen LogP contribution is -2.21. The van der Waals surface area contributed by atoms with Crippen LogP contribution in [0.1, 0.15) is 68.4 Å². The molecule has 0 bridgehead atoms. The van der Waals surface area contributed by atoms with Crippen molar-refractivity contribution in [3.63, 3.8) is 0 Å². The Labute approximate surface area is 120 Å². The van der Waals surface area contributed by atoms with E-state index in [0.717, 1.165) is 5.56 Å². The number of carboxylic acid groups (broad SMARTS) is 1. The molecule has 0 spiro atoms. The lowest BCUT2D eigenvalue weighted by Gasteiger charge is -2.22. The second-order valence-electron chi connectivity index (χ2n) is 5.99. The zero-order chi connectivity index (χ0) is 14.5. The van der Waals surface area contributed by atoms with Crippen molar-refractivity contribution in [1.82, 2.24) is 0 Å². The van der Waals surface area contributed by atoms with E-state index >= 15 is 0 Å². The summed E-state index contributed by atoms with van der Waals surface area (Å²) in [5, 5.41) is 18.2. The van der Waals surface area contributed by atoms with E-state index in [1.54, 1.807) is 0 Å². The Morgan fingerprint density at radius 2 is 1.80 bits per heavy atom. The molecular formula is C17H24O3. The molecule has 1 aliphatic carbocycles. The Morgan fingerprint density at radius 1 is 1.20 bits per heavy atom. The molecule has 2 N–H and O–H groups in total. The van der Waals surface area contributed by atoms with Crippen molar-refractivity contribution in [1.29, 1.82) is 0 Å². The molecule has 1 aromatic rings. The molecule has 3 heteroatoms. The molecule has 0 saturated heterocycles. The van der Waals surface area contributed by atoms with Crippen LogP contribution in [0, 0.1) is 0 Å². The molecule has 0 aromatic heterocycles. The quantitative estimate of drug-likeness (QED) is 0.862. The summed E-state index contributed by atoms with van der Waals surface area (Å²) < 4.78 is 0. The Morgan fingerprint density at radius 3 is 2.35 bits per heavy atom. The molecule has 0 aliphatic heterocycles. The summed E-state index contributed by atoms with van der Waals surface area (Å²) in [7, 11) is 0. The molecule has 0 radical (unpaired) electrons. The van der Waals surface area contributed by atoms with Crippen LogP contribution >= 0.6 is 0 Å². The monoisotopic (exact) mass is 276 g/mol. The highest BCUT2D eigenvalue weighted by Crippen LogP contribution is 2.33. The maximum atomic E-state index is 10.7. The average Bonchev–Trinajstić information content (AvgIpc) is 2.48. The minimum absolute atomic E-state index is 0.0569. The van der Waals surface area contributed by atoms with Gasteiger partial charge in [-0.2, -0.15) is 0 Å². The first kappa shape index (κ1) is 15.0. The summed E-state index contributed by atoms with van der Waals surface area (Å²) in [4.78, 5) is 10.7. The fourth-order valence-electron chi connectivity index (χ4n) is 3.10. The van der Waals surface area contributed by atoms with Gasteiger partial charge >= 0.3 is 5.97 Å². The van der Waals surface area contributed by atoms with Gasteiger partial charge in [-0.1, -0.05) is 50.5 Å². The molecule has 1 aliphatic rings. The lowest BCUT2D eigenvalue weighted by atomic mass is 9.83. The van der Waals surface area contributed by atoms with Gasteiger partial charge in [-0.25, -0.2) is 4.79 Å². The maximum absolute atomic E-state index is 10.7. The van der Waals surface area contributed by atoms with Gasteiger partial charge < -0.3 is 10.2 Å². The van der Waals surface area contributed by atoms with Gasteiger partial charge in [-0.05, 0) is 42.2 Å². The first-order valence-corrected chi connectivity index (χ1v) is 7.58. The predicted octanol–water partition coefficient (Wildman–Crippen LogP) is 3.67. The van der Waals surface area contributed by atoms with Gasteiger partial charge in [-0.3, -0.25) is 0 Å². The molecule has 1 fully saturated rings. The van der Waals surface area contributed by atoms with Crippen LogP contribution in [-0.2, 0) is 4.79 Å². The molecule has 2 unspecified atom stereocenters. The van der Waals surface area contributed by atoms with Crippen molar-refractivity contribution < 1.29 is 15.0 Å². The first-order valence-electron chi connectivity index (χ1n) is 7.58. The summed E-state index contributed by atoms with van der Waals surface area (Å²) in [5.41, 5.74) is 2.50. The number of aliphatic carboxylic acids is 1. The van der Waals surface area contributed by atoms with Crippen LogP contribution in [-0.4, -0.2) is 22.3 Å². The highest BCUT2D eigenvalue weighted by atomic mass is 16.4. The molecule has 2 atom stereocenters. The van der Waals surface area contributed by atoms with E-state index in [2.05, 4.69) is 24.3 Å². The molecule has 1 saturated carbocycles. The number of hydrogen-bond donors (Lipinski definition) is 2. The van der Waals surface area contributed by atoms with E-state index in [0.29, 0.717) is 5.92 Å². The third-order valence-corrected chi connectivity index (χ3v) is 4.44. The smallest absolute Gasteiger partial charge is 0.332 e. The lowest BCUT2D eigenvalue weighted by molar-refractivity contribution is -0.147. The fraction of sp³-hybridized carbons (Fsp3) is 0.588. The Bertz CT molecular complexity index is 432. The van der Waals surface area contributed by atoms with E-state index in [4.69, 9.17) is 5.11 Å². The average molecular weight is 276 g/mol. The van der Waals surface area contributed by atoms with Gasteiger partial charge in [0.2, 0.25) is 0 Å². The minimum atomic E-state index is -1.27. The number of carbonyl (C=O) groups is 1. The first-order chi connectivity index (χ1) is 9.58. The molecule has 3 nitrogen and oxygen atoms in total. The molecular weight excluding hydrogens is 252 g/mol. The van der Waals surface area contributed by atoms with Crippen molar-refractivity contribution in [3.05, 3.63) is 35.4 Å². The van der Waals surface area contributed by atoms with Crippen LogP contribution in [0.15, 0.2) is 24.3 Å². The summed E-state index contributed by atoms with van der Waals surface area (Å²) >= 11 is 0. The number of benzene rings is 1. The predicted molar refractivity (Wildman–Crippen MR) is 78.9 cm³/mol. The zero-order valence-electron chi connectivity index (χ0n) is 12.1. The SMILES string of the molecule is CC(CC(O)C(=O)O)c1ccc(C2CCCCC2)cc1. The minimum Gasteiger partial charge on any atom is -0.479 e. The van der Waals surface area contributed by atoms with Crippen molar-refractivity contribution in [2.45, 2.75) is 63.4 Å². The Balaban J connectivity index is 1.98. The van der Waals surface area contributed by atoms with Crippen LogP contribution < -0.4 is 0 Å².